The number of aromatic nitrogens is 2. The fraction of sp³-hybridized carbons (Fsp3) is 0.150. The van der Waals surface area contributed by atoms with Gasteiger partial charge >= 0.3 is 12.1 Å². The number of carboxylic acid groups (broad SMARTS) is 1. The molecular weight excluding hydrogens is 442 g/mol. The summed E-state index contributed by atoms with van der Waals surface area (Å²) in [5.74, 6) is -2.56. The Morgan fingerprint density at radius 3 is 2.23 bits per heavy atom. The smallest absolute Gasteiger partial charge is 0.436 e. The van der Waals surface area contributed by atoms with Crippen molar-refractivity contribution in [3.63, 3.8) is 0 Å². The summed E-state index contributed by atoms with van der Waals surface area (Å²) in [5.41, 5.74) is -0.329. The number of carboxylic acids is 1. The molecule has 0 bridgehead atoms. The Morgan fingerprint density at radius 2 is 1.71 bits per heavy atom. The van der Waals surface area contributed by atoms with E-state index in [1.165, 1.54) is 36.4 Å². The van der Waals surface area contributed by atoms with Gasteiger partial charge in [0.25, 0.3) is 5.91 Å². The van der Waals surface area contributed by atoms with Gasteiger partial charge in [-0.15, -0.1) is 0 Å². The van der Waals surface area contributed by atoms with Gasteiger partial charge in [0.1, 0.15) is 5.82 Å². The SMILES string of the molecule is O=C(NC(C(=O)O)c1ccc(F)cc1)c1ccc(Cn2cc(Cl)c(C(F)(F)F)n2)cc1. The number of alkyl halides is 3. The number of hydrogen-bond acceptors (Lipinski definition) is 3. The number of hydrogen-bond donors (Lipinski definition) is 2. The van der Waals surface area contributed by atoms with Crippen LogP contribution in [0, 0.1) is 5.82 Å². The molecule has 0 saturated heterocycles. The van der Waals surface area contributed by atoms with E-state index in [4.69, 9.17) is 11.6 Å². The van der Waals surface area contributed by atoms with Gasteiger partial charge in [0.2, 0.25) is 0 Å². The standard InChI is InChI=1S/C20H14ClF4N3O3/c21-15-10-28(27-17(15)20(23,24)25)9-11-1-3-13(4-2-11)18(29)26-16(19(30)31)12-5-7-14(22)8-6-12/h1-8,10,16H,9H2,(H,26,29)(H,30,31). The Morgan fingerprint density at radius 1 is 1.10 bits per heavy atom. The normalized spacial score (nSPS) is 12.4. The molecule has 0 aliphatic heterocycles. The summed E-state index contributed by atoms with van der Waals surface area (Å²) >= 11 is 5.57. The van der Waals surface area contributed by atoms with E-state index in [9.17, 15) is 32.3 Å². The highest BCUT2D eigenvalue weighted by Crippen LogP contribution is 2.33. The van der Waals surface area contributed by atoms with Crippen LogP contribution in [0.15, 0.2) is 54.7 Å². The minimum Gasteiger partial charge on any atom is -0.479 e. The van der Waals surface area contributed by atoms with Gasteiger partial charge in [-0.2, -0.15) is 18.3 Å². The van der Waals surface area contributed by atoms with E-state index < -0.39 is 40.6 Å². The fourth-order valence-electron chi connectivity index (χ4n) is 2.78. The molecule has 162 valence electrons. The maximum Gasteiger partial charge on any atom is 0.436 e. The lowest BCUT2D eigenvalue weighted by atomic mass is 10.1. The average molecular weight is 456 g/mol. The van der Waals surface area contributed by atoms with Crippen LogP contribution in [0.1, 0.15) is 33.2 Å². The third-order valence-corrected chi connectivity index (χ3v) is 4.55. The number of benzene rings is 2. The molecule has 11 heteroatoms. The zero-order chi connectivity index (χ0) is 22.8. The van der Waals surface area contributed by atoms with E-state index >= 15 is 0 Å². The zero-order valence-corrected chi connectivity index (χ0v) is 16.3. The number of nitrogens with one attached hydrogen (secondary N) is 1. The number of carbonyl (C=O) groups excluding carboxylic acids is 1. The first kappa shape index (κ1) is 22.3. The largest absolute Gasteiger partial charge is 0.479 e. The number of amides is 1. The predicted molar refractivity (Wildman–Crippen MR) is 102 cm³/mol. The molecule has 31 heavy (non-hydrogen) atoms. The van der Waals surface area contributed by atoms with Crippen molar-refractivity contribution in [2.75, 3.05) is 0 Å². The lowest BCUT2D eigenvalue weighted by Gasteiger charge is -2.15. The Kier molecular flexibility index (Phi) is 6.30. The van der Waals surface area contributed by atoms with Crippen molar-refractivity contribution in [3.05, 3.63) is 88.0 Å². The number of halogens is 5. The minimum atomic E-state index is -4.67. The topological polar surface area (TPSA) is 84.2 Å². The van der Waals surface area contributed by atoms with Gasteiger partial charge in [-0.25, -0.2) is 9.18 Å². The molecule has 0 saturated carbocycles. The molecule has 0 spiro atoms. The van der Waals surface area contributed by atoms with Crippen LogP contribution in [0.4, 0.5) is 17.6 Å². The van der Waals surface area contributed by atoms with Crippen LogP contribution in [0.3, 0.4) is 0 Å². The van der Waals surface area contributed by atoms with Crippen LogP contribution in [0.5, 0.6) is 0 Å². The van der Waals surface area contributed by atoms with Gasteiger partial charge in [-0.05, 0) is 35.4 Å². The van der Waals surface area contributed by atoms with E-state index in [0.29, 0.717) is 5.56 Å². The summed E-state index contributed by atoms with van der Waals surface area (Å²) < 4.78 is 52.4. The molecule has 1 amide bonds. The first-order valence-electron chi connectivity index (χ1n) is 8.73. The molecule has 0 aliphatic carbocycles. The highest BCUT2D eigenvalue weighted by atomic mass is 35.5. The van der Waals surface area contributed by atoms with Crippen molar-refractivity contribution in [2.24, 2.45) is 0 Å². The van der Waals surface area contributed by atoms with Crippen molar-refractivity contribution in [1.29, 1.82) is 0 Å². The summed E-state index contributed by atoms with van der Waals surface area (Å²) in [4.78, 5) is 23.9. The molecule has 2 aromatic carbocycles. The molecule has 1 unspecified atom stereocenters. The summed E-state index contributed by atoms with van der Waals surface area (Å²) in [5, 5.41) is 14.6. The Hall–Kier alpha value is -3.40. The van der Waals surface area contributed by atoms with Crippen LogP contribution in [-0.2, 0) is 17.5 Å². The first-order valence-corrected chi connectivity index (χ1v) is 9.10. The van der Waals surface area contributed by atoms with Gasteiger partial charge in [-0.3, -0.25) is 9.48 Å². The zero-order valence-electron chi connectivity index (χ0n) is 15.5. The van der Waals surface area contributed by atoms with E-state index in [1.54, 1.807) is 0 Å². The van der Waals surface area contributed by atoms with Gasteiger partial charge in [0.15, 0.2) is 11.7 Å². The molecule has 3 rings (SSSR count). The third-order valence-electron chi connectivity index (χ3n) is 4.27. The van der Waals surface area contributed by atoms with E-state index in [-0.39, 0.29) is 17.7 Å². The monoisotopic (exact) mass is 455 g/mol. The molecule has 2 N–H and O–H groups in total. The van der Waals surface area contributed by atoms with Crippen molar-refractivity contribution in [1.82, 2.24) is 15.1 Å². The molecule has 1 heterocycles. The number of aliphatic carboxylic acids is 1. The first-order chi connectivity index (χ1) is 14.5. The molecule has 0 aliphatic rings. The van der Waals surface area contributed by atoms with E-state index in [1.807, 2.05) is 0 Å². The maximum absolute atomic E-state index is 13.1. The second-order valence-electron chi connectivity index (χ2n) is 6.51. The fourth-order valence-corrected chi connectivity index (χ4v) is 3.03. The highest BCUT2D eigenvalue weighted by Gasteiger charge is 2.36. The molecule has 3 aromatic rings. The second kappa shape index (κ2) is 8.76. The van der Waals surface area contributed by atoms with Crippen LogP contribution in [0.25, 0.3) is 0 Å². The molecule has 0 fully saturated rings. The summed E-state index contributed by atoms with van der Waals surface area (Å²) in [6.45, 7) is -0.0228. The minimum absolute atomic E-state index is 0.0228. The molecule has 6 nitrogen and oxygen atoms in total. The summed E-state index contributed by atoms with van der Waals surface area (Å²) in [6.07, 6.45) is -3.62. The lowest BCUT2D eigenvalue weighted by Crippen LogP contribution is -2.33. The number of nitrogens with zero attached hydrogens (tertiary/aromatic N) is 2. The third kappa shape index (κ3) is 5.40. The van der Waals surface area contributed by atoms with Crippen molar-refractivity contribution in [3.8, 4) is 0 Å². The number of carbonyl (C=O) groups is 2. The van der Waals surface area contributed by atoms with E-state index in [0.717, 1.165) is 23.0 Å². The summed E-state index contributed by atoms with van der Waals surface area (Å²) in [6, 6.07) is 9.05. The van der Waals surface area contributed by atoms with Crippen LogP contribution in [-0.4, -0.2) is 26.8 Å². The van der Waals surface area contributed by atoms with Crippen molar-refractivity contribution >= 4 is 23.5 Å². The van der Waals surface area contributed by atoms with Gasteiger partial charge in [0, 0.05) is 11.8 Å². The van der Waals surface area contributed by atoms with Gasteiger partial charge in [0.05, 0.1) is 11.6 Å². The maximum atomic E-state index is 13.1. The molecular formula is C20H14ClF4N3O3. The van der Waals surface area contributed by atoms with Crippen molar-refractivity contribution < 1.29 is 32.3 Å². The second-order valence-corrected chi connectivity index (χ2v) is 6.92. The van der Waals surface area contributed by atoms with Gasteiger partial charge in [-0.1, -0.05) is 35.9 Å². The highest BCUT2D eigenvalue weighted by molar-refractivity contribution is 6.31. The lowest BCUT2D eigenvalue weighted by molar-refractivity contribution is -0.141. The van der Waals surface area contributed by atoms with Gasteiger partial charge < -0.3 is 10.4 Å². The number of rotatable bonds is 6. The Bertz CT molecular complexity index is 1100. The quantitative estimate of drug-likeness (QED) is 0.543. The summed E-state index contributed by atoms with van der Waals surface area (Å²) in [7, 11) is 0. The van der Waals surface area contributed by atoms with Crippen LogP contribution < -0.4 is 5.32 Å². The van der Waals surface area contributed by atoms with Crippen molar-refractivity contribution in [2.45, 2.75) is 18.8 Å². The molecule has 0 radical (unpaired) electrons. The molecule has 1 atom stereocenters. The van der Waals surface area contributed by atoms with Crippen LogP contribution >= 0.6 is 11.6 Å². The Labute approximate surface area is 178 Å². The van der Waals surface area contributed by atoms with E-state index in [2.05, 4.69) is 10.4 Å². The van der Waals surface area contributed by atoms with Crippen LogP contribution in [0.2, 0.25) is 5.02 Å². The Balaban J connectivity index is 1.71. The average Bonchev–Trinajstić information content (AvgIpc) is 3.07. The molecule has 1 aromatic heterocycles. The predicted octanol–water partition coefficient (Wildman–Crippen LogP) is 4.30.